The largest absolute Gasteiger partial charge is 0.508 e. The van der Waals surface area contributed by atoms with E-state index in [1.807, 2.05) is 0 Å². The highest BCUT2D eigenvalue weighted by Crippen LogP contribution is 2.70. The molecule has 14 nitrogen and oxygen atoms in total. The van der Waals surface area contributed by atoms with E-state index in [1.165, 1.54) is 30.3 Å². The standard InChI is InChI=1S/C48H42O14/c49-24-7-1-20(2-8-24)35-37(23-13-27(52)15-29(14-23)60-19-34-44(56)45(57)46(58)48(59)62-34)40-32(55)18-33-41-39(47(61-33)22-5-11-26(51)12-6-22)30-16-28(53)17-31(54)38(30)36(42(35)43(40)41)21-3-9-25(50)10-4-21/h1-18,34-37,39,42,44-59H,19H2/t34-,35+,36+,37+,39+,42+,44-,45+,46-,47-,48-/m1/s1. The van der Waals surface area contributed by atoms with Gasteiger partial charge in [0.1, 0.15) is 88.9 Å². The SMILES string of the molecule is Oc1ccc([C@H]2c3c(O)cc(O)cc3[C@H]3c4c(cc(O)c5c4[C@H]2[C@@H](c2ccc(O)cc2)[C@@H]5c2cc(O)cc(OC[C@H]4O[C@@H](O)[C@H](O)[C@@H](O)[C@@H]4O)c2)O[C@@H]3c2ccc(O)cc2)cc1. The van der Waals surface area contributed by atoms with Gasteiger partial charge in [0, 0.05) is 58.6 Å². The second-order valence-corrected chi connectivity index (χ2v) is 16.5. The zero-order valence-electron chi connectivity index (χ0n) is 32.6. The number of phenols is 7. The van der Waals surface area contributed by atoms with E-state index in [4.69, 9.17) is 14.2 Å². The summed E-state index contributed by atoms with van der Waals surface area (Å²) >= 11 is 0. The van der Waals surface area contributed by atoms with Crippen molar-refractivity contribution >= 4 is 0 Å². The Morgan fingerprint density at radius 3 is 1.69 bits per heavy atom. The highest BCUT2D eigenvalue weighted by molar-refractivity contribution is 5.72. The second kappa shape index (κ2) is 14.8. The summed E-state index contributed by atoms with van der Waals surface area (Å²) in [5.41, 5.74) is 5.44. The molecule has 14 heteroatoms. The lowest BCUT2D eigenvalue weighted by molar-refractivity contribution is -0.285. The van der Waals surface area contributed by atoms with Crippen molar-refractivity contribution in [1.82, 2.24) is 0 Å². The molecule has 2 aliphatic heterocycles. The molecule has 1 saturated heterocycles. The van der Waals surface area contributed by atoms with Crippen molar-refractivity contribution in [2.75, 3.05) is 6.61 Å². The molecule has 318 valence electrons. The van der Waals surface area contributed by atoms with Gasteiger partial charge in [-0.05, 0) is 88.0 Å². The first-order chi connectivity index (χ1) is 29.8. The van der Waals surface area contributed by atoms with E-state index in [0.29, 0.717) is 55.8 Å². The molecule has 0 aromatic heterocycles. The lowest BCUT2D eigenvalue weighted by atomic mass is 9.69. The lowest BCUT2D eigenvalue weighted by Crippen LogP contribution is -2.58. The van der Waals surface area contributed by atoms with Gasteiger partial charge in [-0.25, -0.2) is 0 Å². The van der Waals surface area contributed by atoms with Crippen LogP contribution in [0, 0.1) is 0 Å². The fourth-order valence-electron chi connectivity index (χ4n) is 10.4. The average molecular weight is 843 g/mol. The number of aliphatic hydroxyl groups excluding tert-OH is 4. The molecule has 11 N–H and O–H groups in total. The molecule has 0 saturated carbocycles. The van der Waals surface area contributed by atoms with Crippen LogP contribution >= 0.6 is 0 Å². The predicted molar refractivity (Wildman–Crippen MR) is 219 cm³/mol. The van der Waals surface area contributed by atoms with Crippen LogP contribution in [0.15, 0.2) is 109 Å². The summed E-state index contributed by atoms with van der Waals surface area (Å²) in [4.78, 5) is 0. The summed E-state index contributed by atoms with van der Waals surface area (Å²) in [6.07, 6.45) is -8.90. The number of rotatable bonds is 7. The Bertz CT molecular complexity index is 2680. The maximum Gasteiger partial charge on any atom is 0.184 e. The molecule has 0 bridgehead atoms. The highest BCUT2D eigenvalue weighted by atomic mass is 16.6. The first-order valence-electron chi connectivity index (χ1n) is 20.1. The molecule has 62 heavy (non-hydrogen) atoms. The topological polar surface area (TPSA) is 250 Å². The maximum absolute atomic E-state index is 12.4. The Morgan fingerprint density at radius 1 is 0.452 bits per heavy atom. The minimum atomic E-state index is -1.79. The van der Waals surface area contributed by atoms with Crippen molar-refractivity contribution in [1.29, 1.82) is 0 Å². The van der Waals surface area contributed by atoms with Crippen LogP contribution in [-0.4, -0.2) is 93.5 Å². The van der Waals surface area contributed by atoms with E-state index >= 15 is 0 Å². The van der Waals surface area contributed by atoms with Gasteiger partial charge in [-0.3, -0.25) is 0 Å². The Labute approximate surface area is 353 Å². The zero-order chi connectivity index (χ0) is 43.3. The van der Waals surface area contributed by atoms with Crippen molar-refractivity contribution in [3.63, 3.8) is 0 Å². The monoisotopic (exact) mass is 842 g/mol. The number of benzene rings is 6. The van der Waals surface area contributed by atoms with E-state index in [9.17, 15) is 56.2 Å². The third-order valence-electron chi connectivity index (χ3n) is 13.0. The highest BCUT2D eigenvalue weighted by Gasteiger charge is 2.56. The Hall–Kier alpha value is -6.68. The minimum absolute atomic E-state index is 0.00656. The number of hydrogen-bond acceptors (Lipinski definition) is 14. The number of fused-ring (bicyclic) bond motifs is 2. The molecule has 0 unspecified atom stereocenters. The summed E-state index contributed by atoms with van der Waals surface area (Å²) in [7, 11) is 0. The third-order valence-corrected chi connectivity index (χ3v) is 13.0. The number of phenolic OH excluding ortho intramolecular Hbond substituents is 7. The molecule has 11 atom stereocenters. The third kappa shape index (κ3) is 6.29. The van der Waals surface area contributed by atoms with Gasteiger partial charge in [0.2, 0.25) is 0 Å². The normalized spacial score (nSPS) is 28.1. The zero-order valence-corrected chi connectivity index (χ0v) is 32.6. The average Bonchev–Trinajstić information content (AvgIpc) is 3.76. The summed E-state index contributed by atoms with van der Waals surface area (Å²) < 4.78 is 18.1. The Morgan fingerprint density at radius 2 is 1.03 bits per heavy atom. The molecule has 4 aliphatic rings. The van der Waals surface area contributed by atoms with Crippen molar-refractivity contribution < 1.29 is 70.4 Å². The van der Waals surface area contributed by atoms with Crippen molar-refractivity contribution in [2.45, 2.75) is 66.4 Å². The van der Waals surface area contributed by atoms with Gasteiger partial charge in [-0.15, -0.1) is 0 Å². The van der Waals surface area contributed by atoms with E-state index in [-0.39, 0.29) is 46.0 Å². The molecule has 2 aliphatic carbocycles. The van der Waals surface area contributed by atoms with Gasteiger partial charge in [0.25, 0.3) is 0 Å². The first-order valence-corrected chi connectivity index (χ1v) is 20.1. The summed E-state index contributed by atoms with van der Waals surface area (Å²) in [5.74, 6) is -3.70. The molecule has 2 heterocycles. The molecule has 1 fully saturated rings. The first kappa shape index (κ1) is 39.5. The molecule has 10 rings (SSSR count). The Kier molecular flexibility index (Phi) is 9.39. The van der Waals surface area contributed by atoms with Crippen LogP contribution in [0.4, 0.5) is 0 Å². The maximum atomic E-state index is 12.4. The van der Waals surface area contributed by atoms with E-state index < -0.39 is 73.0 Å². The number of ether oxygens (including phenoxy) is 3. The van der Waals surface area contributed by atoms with Gasteiger partial charge >= 0.3 is 0 Å². The van der Waals surface area contributed by atoms with Crippen molar-refractivity contribution in [2.24, 2.45) is 0 Å². The van der Waals surface area contributed by atoms with Crippen LogP contribution in [0.25, 0.3) is 0 Å². The van der Waals surface area contributed by atoms with Gasteiger partial charge in [-0.1, -0.05) is 36.4 Å². The number of hydrogen-bond donors (Lipinski definition) is 11. The van der Waals surface area contributed by atoms with Crippen LogP contribution in [0.1, 0.15) is 85.8 Å². The quantitative estimate of drug-likeness (QED) is 0.0986. The second-order valence-electron chi connectivity index (χ2n) is 16.5. The van der Waals surface area contributed by atoms with Crippen LogP contribution < -0.4 is 9.47 Å². The van der Waals surface area contributed by atoms with E-state index in [1.54, 1.807) is 78.9 Å². The van der Waals surface area contributed by atoms with Gasteiger partial charge in [-0.2, -0.15) is 0 Å². The number of aliphatic hydroxyl groups is 4. The predicted octanol–water partition coefficient (Wildman–Crippen LogP) is 5.23. The van der Waals surface area contributed by atoms with E-state index in [0.717, 1.165) is 0 Å². The lowest BCUT2D eigenvalue weighted by Gasteiger charge is -2.38. The smallest absolute Gasteiger partial charge is 0.184 e. The summed E-state index contributed by atoms with van der Waals surface area (Å²) in [6.45, 7) is -0.404. The number of aromatic hydroxyl groups is 7. The molecule has 0 radical (unpaired) electrons. The summed E-state index contributed by atoms with van der Waals surface area (Å²) in [6, 6.07) is 28.7. The fraction of sp³-hybridized carbons (Fsp3) is 0.250. The molecule has 0 spiro atoms. The fourth-order valence-corrected chi connectivity index (χ4v) is 10.4. The van der Waals surface area contributed by atoms with Gasteiger partial charge in [0.05, 0.1) is 5.92 Å². The van der Waals surface area contributed by atoms with Gasteiger partial charge < -0.3 is 70.4 Å². The molecular formula is C48H42O14. The van der Waals surface area contributed by atoms with Crippen LogP contribution in [-0.2, 0) is 4.74 Å². The summed E-state index contributed by atoms with van der Waals surface area (Å²) in [5, 5.41) is 119. The molecular weight excluding hydrogens is 801 g/mol. The van der Waals surface area contributed by atoms with E-state index in [2.05, 4.69) is 0 Å². The van der Waals surface area contributed by atoms with Crippen molar-refractivity contribution in [3.05, 3.63) is 159 Å². The minimum Gasteiger partial charge on any atom is -0.508 e. The van der Waals surface area contributed by atoms with Crippen LogP contribution in [0.3, 0.4) is 0 Å². The van der Waals surface area contributed by atoms with Gasteiger partial charge in [0.15, 0.2) is 6.29 Å². The van der Waals surface area contributed by atoms with Crippen molar-refractivity contribution in [3.8, 4) is 51.7 Å². The van der Waals surface area contributed by atoms with Crippen LogP contribution in [0.5, 0.6) is 51.7 Å². The Balaban J connectivity index is 1.22. The molecule has 6 aromatic carbocycles. The molecule has 6 aromatic rings. The van der Waals surface area contributed by atoms with Crippen LogP contribution in [0.2, 0.25) is 0 Å². The molecule has 0 amide bonds.